The van der Waals surface area contributed by atoms with Crippen molar-refractivity contribution < 1.29 is 0 Å². The summed E-state index contributed by atoms with van der Waals surface area (Å²) >= 11 is 0. The Morgan fingerprint density at radius 3 is 2.65 bits per heavy atom. The zero-order chi connectivity index (χ0) is 12.3. The van der Waals surface area contributed by atoms with Crippen LogP contribution in [0.3, 0.4) is 0 Å². The van der Waals surface area contributed by atoms with Gasteiger partial charge in [-0.25, -0.2) is 9.97 Å². The van der Waals surface area contributed by atoms with E-state index in [-0.39, 0.29) is 0 Å². The molecule has 0 radical (unpaired) electrons. The zero-order valence-electron chi connectivity index (χ0n) is 10.0. The Kier molecular flexibility index (Phi) is 3.19. The Bertz CT molecular complexity index is 559. The summed E-state index contributed by atoms with van der Waals surface area (Å²) < 4.78 is 0. The van der Waals surface area contributed by atoms with Gasteiger partial charge in [0, 0.05) is 6.20 Å². The largest absolute Gasteiger partial charge is 0.397 e. The summed E-state index contributed by atoms with van der Waals surface area (Å²) in [6.45, 7) is 3.91. The molecule has 1 heterocycles. The van der Waals surface area contributed by atoms with E-state index < -0.39 is 0 Å². The molecule has 0 saturated carbocycles. The number of hydrogen-bond donors (Lipinski definition) is 1. The maximum atomic E-state index is 6.04. The lowest BCUT2D eigenvalue weighted by molar-refractivity contribution is 1.03. The molecule has 0 atom stereocenters. The minimum Gasteiger partial charge on any atom is -0.397 e. The van der Waals surface area contributed by atoms with E-state index in [1.165, 1.54) is 5.56 Å². The van der Waals surface area contributed by atoms with E-state index in [1.54, 1.807) is 6.20 Å². The summed E-state index contributed by atoms with van der Waals surface area (Å²) in [5.41, 5.74) is 9.77. The molecule has 3 nitrogen and oxygen atoms in total. The highest BCUT2D eigenvalue weighted by molar-refractivity contribution is 5.78. The highest BCUT2D eigenvalue weighted by Gasteiger charge is 2.00. The number of nitrogens with zero attached hydrogens (tertiary/aromatic N) is 2. The summed E-state index contributed by atoms with van der Waals surface area (Å²) in [5, 5.41) is 0. The first-order valence-electron chi connectivity index (χ1n) is 5.49. The summed E-state index contributed by atoms with van der Waals surface area (Å²) in [6.07, 6.45) is 3.66. The van der Waals surface area contributed by atoms with Crippen LogP contribution in [0.15, 0.2) is 36.5 Å². The third-order valence-corrected chi connectivity index (χ3v) is 2.57. The first-order chi connectivity index (χ1) is 8.16. The van der Waals surface area contributed by atoms with Gasteiger partial charge in [0.15, 0.2) is 0 Å². The third kappa shape index (κ3) is 2.69. The molecule has 1 aromatic carbocycles. The molecule has 17 heavy (non-hydrogen) atoms. The molecule has 3 heteroatoms. The van der Waals surface area contributed by atoms with Crippen LogP contribution in [-0.2, 0) is 0 Å². The minimum atomic E-state index is 0.657. The van der Waals surface area contributed by atoms with Crippen LogP contribution in [-0.4, -0.2) is 9.97 Å². The molecule has 0 saturated heterocycles. The summed E-state index contributed by atoms with van der Waals surface area (Å²) in [5.74, 6) is 0.726. The van der Waals surface area contributed by atoms with Crippen LogP contribution in [0.25, 0.3) is 11.8 Å². The van der Waals surface area contributed by atoms with E-state index in [2.05, 4.69) is 23.0 Å². The lowest BCUT2D eigenvalue weighted by Crippen LogP contribution is -2.01. The molecule has 0 unspecified atom stereocenters. The molecular weight excluding hydrogens is 210 g/mol. The molecule has 0 amide bonds. The molecule has 0 fully saturated rings. The summed E-state index contributed by atoms with van der Waals surface area (Å²) in [7, 11) is 0. The predicted octanol–water partition coefficient (Wildman–Crippen LogP) is 2.55. The molecule has 0 aliphatic heterocycles. The van der Waals surface area contributed by atoms with Crippen molar-refractivity contribution in [1.29, 1.82) is 0 Å². The quantitative estimate of drug-likeness (QED) is 0.854. The van der Waals surface area contributed by atoms with E-state index >= 15 is 0 Å². The van der Waals surface area contributed by atoms with Crippen LogP contribution in [0.2, 0.25) is 0 Å². The molecule has 0 aliphatic rings. The van der Waals surface area contributed by atoms with Gasteiger partial charge >= 0.3 is 0 Å². The van der Waals surface area contributed by atoms with Crippen LogP contribution in [0.5, 0.6) is 0 Å². The van der Waals surface area contributed by atoms with Gasteiger partial charge in [0.2, 0.25) is 0 Å². The monoisotopic (exact) mass is 225 g/mol. The van der Waals surface area contributed by atoms with Gasteiger partial charge in [-0.3, -0.25) is 0 Å². The van der Waals surface area contributed by atoms with Crippen LogP contribution in [0.1, 0.15) is 22.6 Å². The number of rotatable bonds is 2. The summed E-state index contributed by atoms with van der Waals surface area (Å²) in [6, 6.07) is 9.92. The van der Waals surface area contributed by atoms with Crippen molar-refractivity contribution in [3.63, 3.8) is 0 Å². The van der Waals surface area contributed by atoms with E-state index in [9.17, 15) is 0 Å². The van der Waals surface area contributed by atoms with Crippen LogP contribution >= 0.6 is 0 Å². The molecule has 2 rings (SSSR count). The Morgan fingerprint density at radius 2 is 1.94 bits per heavy atom. The minimum absolute atomic E-state index is 0.657. The van der Waals surface area contributed by atoms with E-state index in [0.29, 0.717) is 5.70 Å². The van der Waals surface area contributed by atoms with E-state index in [0.717, 1.165) is 17.1 Å². The lowest BCUT2D eigenvalue weighted by atomic mass is 10.1. The molecule has 0 spiro atoms. The predicted molar refractivity (Wildman–Crippen MR) is 70.0 cm³/mol. The fraction of sp³-hybridized carbons (Fsp3) is 0.143. The highest BCUT2D eigenvalue weighted by Crippen LogP contribution is 2.14. The van der Waals surface area contributed by atoms with Crippen LogP contribution < -0.4 is 5.73 Å². The van der Waals surface area contributed by atoms with Crippen molar-refractivity contribution >= 4 is 11.8 Å². The summed E-state index contributed by atoms with van der Waals surface area (Å²) in [4.78, 5) is 8.35. The van der Waals surface area contributed by atoms with Crippen molar-refractivity contribution in [2.45, 2.75) is 13.8 Å². The fourth-order valence-electron chi connectivity index (χ4n) is 1.61. The number of aryl methyl sites for hydroxylation is 2. The highest BCUT2D eigenvalue weighted by atomic mass is 14.9. The van der Waals surface area contributed by atoms with Gasteiger partial charge in [0.05, 0.1) is 11.4 Å². The number of aromatic nitrogens is 2. The normalized spacial score (nSPS) is 11.5. The van der Waals surface area contributed by atoms with Gasteiger partial charge in [-0.15, -0.1) is 0 Å². The Morgan fingerprint density at radius 1 is 1.18 bits per heavy atom. The van der Waals surface area contributed by atoms with Gasteiger partial charge in [-0.1, -0.05) is 24.3 Å². The van der Waals surface area contributed by atoms with Crippen LogP contribution in [0, 0.1) is 13.8 Å². The first kappa shape index (κ1) is 11.3. The fourth-order valence-corrected chi connectivity index (χ4v) is 1.61. The van der Waals surface area contributed by atoms with Crippen molar-refractivity contribution in [2.24, 2.45) is 5.73 Å². The molecule has 2 aromatic rings. The Labute approximate surface area is 101 Å². The molecule has 1 aromatic heterocycles. The van der Waals surface area contributed by atoms with Gasteiger partial charge in [-0.2, -0.15) is 0 Å². The van der Waals surface area contributed by atoms with Crippen LogP contribution in [0.4, 0.5) is 0 Å². The Balaban J connectivity index is 2.38. The second-order valence-corrected chi connectivity index (χ2v) is 3.95. The van der Waals surface area contributed by atoms with Crippen molar-refractivity contribution in [2.75, 3.05) is 0 Å². The molecule has 86 valence electrons. The standard InChI is InChI=1S/C14H15N3/c1-10-5-3-4-6-12(10)9-13(15)14-7-8-16-11(2)17-14/h3-9H,15H2,1-2H3/b13-9-. The van der Waals surface area contributed by atoms with Gasteiger partial charge in [-0.05, 0) is 37.1 Å². The number of nitrogens with two attached hydrogens (primary N) is 1. The maximum absolute atomic E-state index is 6.04. The molecule has 0 aliphatic carbocycles. The average molecular weight is 225 g/mol. The Hall–Kier alpha value is -2.16. The van der Waals surface area contributed by atoms with Crippen molar-refractivity contribution in [1.82, 2.24) is 9.97 Å². The van der Waals surface area contributed by atoms with Gasteiger partial charge < -0.3 is 5.73 Å². The third-order valence-electron chi connectivity index (χ3n) is 2.57. The van der Waals surface area contributed by atoms with Crippen molar-refractivity contribution in [3.8, 4) is 0 Å². The topological polar surface area (TPSA) is 51.8 Å². The van der Waals surface area contributed by atoms with Crippen molar-refractivity contribution in [3.05, 3.63) is 59.2 Å². The first-order valence-corrected chi connectivity index (χ1v) is 5.49. The second-order valence-electron chi connectivity index (χ2n) is 3.95. The van der Waals surface area contributed by atoms with Gasteiger partial charge in [0.25, 0.3) is 0 Å². The molecule has 2 N–H and O–H groups in total. The number of benzene rings is 1. The second kappa shape index (κ2) is 4.78. The zero-order valence-corrected chi connectivity index (χ0v) is 10.0. The number of hydrogen-bond acceptors (Lipinski definition) is 3. The maximum Gasteiger partial charge on any atom is 0.125 e. The van der Waals surface area contributed by atoms with Gasteiger partial charge in [0.1, 0.15) is 5.82 Å². The van der Waals surface area contributed by atoms with E-state index in [4.69, 9.17) is 5.73 Å². The lowest BCUT2D eigenvalue weighted by Gasteiger charge is -2.03. The average Bonchev–Trinajstić information content (AvgIpc) is 2.32. The smallest absolute Gasteiger partial charge is 0.125 e. The van der Waals surface area contributed by atoms with E-state index in [1.807, 2.05) is 37.3 Å². The molecular formula is C14H15N3. The molecule has 0 bridgehead atoms. The SMILES string of the molecule is Cc1nccc(/C(N)=C/c2ccccc2C)n1.